The van der Waals surface area contributed by atoms with E-state index in [1.807, 2.05) is 0 Å². The summed E-state index contributed by atoms with van der Waals surface area (Å²) in [5.74, 6) is -0.264. The van der Waals surface area contributed by atoms with Crippen molar-refractivity contribution in [3.05, 3.63) is 0 Å². The van der Waals surface area contributed by atoms with Crippen molar-refractivity contribution < 1.29 is 9.90 Å². The lowest BCUT2D eigenvalue weighted by atomic mass is 10.5. The summed E-state index contributed by atoms with van der Waals surface area (Å²) in [6.45, 7) is -0.416. The zero-order valence-corrected chi connectivity index (χ0v) is 6.57. The molecule has 2 nitrogen and oxygen atoms in total. The Morgan fingerprint density at radius 1 is 1.71 bits per heavy atom. The standard InChI is InChI=1S/C3H4Br2O2/c4-3(5)2(7)1-6/h3,6H,1H2. The summed E-state index contributed by atoms with van der Waals surface area (Å²) in [6.07, 6.45) is 0. The molecule has 0 aliphatic carbocycles. The summed E-state index contributed by atoms with van der Waals surface area (Å²) >= 11 is 5.81. The van der Waals surface area contributed by atoms with Crippen LogP contribution in [0.3, 0.4) is 0 Å². The van der Waals surface area contributed by atoms with Crippen LogP contribution in [0, 0.1) is 0 Å². The lowest BCUT2D eigenvalue weighted by Crippen LogP contribution is -2.10. The van der Waals surface area contributed by atoms with Crippen LogP contribution in [0.2, 0.25) is 0 Å². The Morgan fingerprint density at radius 2 is 2.14 bits per heavy atom. The molecule has 0 spiro atoms. The number of halogens is 2. The lowest BCUT2D eigenvalue weighted by molar-refractivity contribution is -0.119. The quantitative estimate of drug-likeness (QED) is 0.710. The molecular weight excluding hydrogens is 228 g/mol. The summed E-state index contributed by atoms with van der Waals surface area (Å²) in [6, 6.07) is 0. The van der Waals surface area contributed by atoms with E-state index in [9.17, 15) is 4.79 Å². The predicted octanol–water partition coefficient (Wildman–Crippen LogP) is 0.664. The first-order chi connectivity index (χ1) is 3.18. The molecule has 0 heterocycles. The SMILES string of the molecule is O=C(CO)C(Br)Br. The molecule has 0 saturated carbocycles. The van der Waals surface area contributed by atoms with Gasteiger partial charge < -0.3 is 5.11 Å². The molecule has 0 aliphatic rings. The van der Waals surface area contributed by atoms with Gasteiger partial charge in [0.1, 0.15) is 10.3 Å². The van der Waals surface area contributed by atoms with Gasteiger partial charge in [0.25, 0.3) is 0 Å². The van der Waals surface area contributed by atoms with Crippen molar-refractivity contribution in [3.63, 3.8) is 0 Å². The molecule has 0 unspecified atom stereocenters. The number of hydrogen-bond donors (Lipinski definition) is 1. The van der Waals surface area contributed by atoms with Crippen LogP contribution in [0.1, 0.15) is 0 Å². The van der Waals surface area contributed by atoms with Crippen LogP contribution in [0.25, 0.3) is 0 Å². The van der Waals surface area contributed by atoms with Crippen LogP contribution in [-0.2, 0) is 4.79 Å². The van der Waals surface area contributed by atoms with Gasteiger partial charge in [0.05, 0.1) is 0 Å². The van der Waals surface area contributed by atoms with Crippen molar-refractivity contribution in [2.45, 2.75) is 3.74 Å². The number of carbonyl (C=O) groups is 1. The smallest absolute Gasteiger partial charge is 0.182 e. The number of ketones is 1. The maximum Gasteiger partial charge on any atom is 0.182 e. The third-order valence-corrected chi connectivity index (χ3v) is 1.42. The second-order valence-corrected chi connectivity index (χ2v) is 3.99. The second-order valence-electron chi connectivity index (χ2n) is 0.925. The van der Waals surface area contributed by atoms with Crippen molar-refractivity contribution in [2.75, 3.05) is 6.61 Å². The molecule has 4 heteroatoms. The average Bonchev–Trinajstić information content (AvgIpc) is 1.65. The Balaban J connectivity index is 3.35. The number of aliphatic hydroxyl groups is 1. The summed E-state index contributed by atoms with van der Waals surface area (Å²) in [4.78, 5) is 10.2. The molecule has 0 aliphatic heterocycles. The fourth-order valence-corrected chi connectivity index (χ4v) is 0.359. The van der Waals surface area contributed by atoms with Crippen LogP contribution in [0.15, 0.2) is 0 Å². The molecule has 0 atom stereocenters. The van der Waals surface area contributed by atoms with Gasteiger partial charge in [0.15, 0.2) is 5.78 Å². The number of hydrogen-bond acceptors (Lipinski definition) is 2. The molecule has 7 heavy (non-hydrogen) atoms. The molecule has 0 rings (SSSR count). The molecular formula is C3H4Br2O2. The van der Waals surface area contributed by atoms with E-state index >= 15 is 0 Å². The van der Waals surface area contributed by atoms with Crippen molar-refractivity contribution in [1.29, 1.82) is 0 Å². The van der Waals surface area contributed by atoms with E-state index in [0.717, 1.165) is 0 Å². The van der Waals surface area contributed by atoms with E-state index < -0.39 is 10.3 Å². The van der Waals surface area contributed by atoms with Crippen molar-refractivity contribution >= 4 is 37.6 Å². The zero-order valence-electron chi connectivity index (χ0n) is 3.40. The highest BCUT2D eigenvalue weighted by Gasteiger charge is 2.06. The number of aliphatic hydroxyl groups excluding tert-OH is 1. The highest BCUT2D eigenvalue weighted by molar-refractivity contribution is 9.25. The number of carbonyl (C=O) groups excluding carboxylic acids is 1. The molecule has 0 saturated heterocycles. The topological polar surface area (TPSA) is 37.3 Å². The van der Waals surface area contributed by atoms with Gasteiger partial charge in [-0.2, -0.15) is 0 Å². The molecule has 0 fully saturated rings. The highest BCUT2D eigenvalue weighted by atomic mass is 79.9. The van der Waals surface area contributed by atoms with Crippen LogP contribution >= 0.6 is 31.9 Å². The van der Waals surface area contributed by atoms with Gasteiger partial charge in [-0.3, -0.25) is 4.79 Å². The van der Waals surface area contributed by atoms with Crippen molar-refractivity contribution in [3.8, 4) is 0 Å². The molecule has 0 aromatic rings. The minimum atomic E-state index is -0.416. The normalized spacial score (nSPS) is 9.71. The fraction of sp³-hybridized carbons (Fsp3) is 0.667. The Bertz CT molecular complexity index is 71.3. The maximum absolute atomic E-state index is 10.2. The summed E-state index contributed by atoms with van der Waals surface area (Å²) < 4.78 is -0.398. The molecule has 0 amide bonds. The van der Waals surface area contributed by atoms with E-state index in [1.54, 1.807) is 0 Å². The van der Waals surface area contributed by atoms with Gasteiger partial charge in [0.2, 0.25) is 0 Å². The van der Waals surface area contributed by atoms with E-state index in [1.165, 1.54) is 0 Å². The molecule has 0 aromatic carbocycles. The van der Waals surface area contributed by atoms with Crippen LogP contribution in [0.4, 0.5) is 0 Å². The third-order valence-electron chi connectivity index (χ3n) is 0.399. The van der Waals surface area contributed by atoms with E-state index in [4.69, 9.17) is 5.11 Å². The minimum Gasteiger partial charge on any atom is -0.389 e. The average molecular weight is 232 g/mol. The fourth-order valence-electron chi connectivity index (χ4n) is 0.0690. The van der Waals surface area contributed by atoms with Gasteiger partial charge in [-0.05, 0) is 0 Å². The Kier molecular flexibility index (Phi) is 3.88. The number of Topliss-reactive ketones (excluding diaryl/α,β-unsaturated/α-hetero) is 1. The third kappa shape index (κ3) is 3.20. The van der Waals surface area contributed by atoms with Crippen LogP contribution < -0.4 is 0 Å². The van der Waals surface area contributed by atoms with Gasteiger partial charge in [-0.15, -0.1) is 0 Å². The van der Waals surface area contributed by atoms with E-state index in [2.05, 4.69) is 31.9 Å². The van der Waals surface area contributed by atoms with Gasteiger partial charge >= 0.3 is 0 Å². The highest BCUT2D eigenvalue weighted by Crippen LogP contribution is 2.07. The van der Waals surface area contributed by atoms with Crippen molar-refractivity contribution in [1.82, 2.24) is 0 Å². The van der Waals surface area contributed by atoms with Crippen LogP contribution in [-0.4, -0.2) is 21.2 Å². The number of alkyl halides is 2. The first-order valence-corrected chi connectivity index (χ1v) is 3.43. The lowest BCUT2D eigenvalue weighted by Gasteiger charge is -1.91. The molecule has 0 bridgehead atoms. The van der Waals surface area contributed by atoms with E-state index in [0.29, 0.717) is 0 Å². The summed E-state index contributed by atoms with van der Waals surface area (Å²) in [5, 5.41) is 8.10. The zero-order chi connectivity index (χ0) is 5.86. The number of rotatable bonds is 2. The first-order valence-electron chi connectivity index (χ1n) is 1.60. The molecule has 0 radical (unpaired) electrons. The van der Waals surface area contributed by atoms with Crippen molar-refractivity contribution in [2.24, 2.45) is 0 Å². The van der Waals surface area contributed by atoms with E-state index in [-0.39, 0.29) is 5.78 Å². The van der Waals surface area contributed by atoms with Gasteiger partial charge in [-0.25, -0.2) is 0 Å². The predicted molar refractivity (Wildman–Crippen MR) is 33.7 cm³/mol. The first kappa shape index (κ1) is 7.59. The monoisotopic (exact) mass is 230 g/mol. The van der Waals surface area contributed by atoms with Crippen LogP contribution in [0.5, 0.6) is 0 Å². The Labute approximate surface area is 58.2 Å². The Morgan fingerprint density at radius 3 is 2.14 bits per heavy atom. The molecule has 1 N–H and O–H groups in total. The van der Waals surface area contributed by atoms with Gasteiger partial charge in [-0.1, -0.05) is 31.9 Å². The summed E-state index contributed by atoms with van der Waals surface area (Å²) in [7, 11) is 0. The minimum absolute atomic E-state index is 0.264. The largest absolute Gasteiger partial charge is 0.389 e. The maximum atomic E-state index is 10.2. The molecule has 0 aromatic heterocycles. The van der Waals surface area contributed by atoms with Gasteiger partial charge in [0, 0.05) is 0 Å². The second kappa shape index (κ2) is 3.57. The molecule has 42 valence electrons. The Hall–Kier alpha value is 0.590. The summed E-state index contributed by atoms with van der Waals surface area (Å²) in [5.41, 5.74) is 0.